The molecule has 0 amide bonds. The molecule has 1 aliphatic heterocycles. The normalized spacial score (nSPS) is 28.3. The molecule has 114 valence electrons. The molecule has 1 aliphatic rings. The van der Waals surface area contributed by atoms with Crippen LogP contribution in [0.4, 0.5) is 0 Å². The van der Waals surface area contributed by atoms with Crippen molar-refractivity contribution in [3.8, 4) is 0 Å². The van der Waals surface area contributed by atoms with Crippen LogP contribution in [0.3, 0.4) is 0 Å². The Morgan fingerprint density at radius 3 is 2.21 bits per heavy atom. The van der Waals surface area contributed by atoms with Gasteiger partial charge in [0.1, 0.15) is 5.22 Å². The van der Waals surface area contributed by atoms with E-state index in [9.17, 15) is 0 Å². The van der Waals surface area contributed by atoms with Crippen molar-refractivity contribution in [1.82, 2.24) is 0 Å². The van der Waals surface area contributed by atoms with Gasteiger partial charge >= 0.3 is 8.56 Å². The van der Waals surface area contributed by atoms with Gasteiger partial charge in [-0.05, 0) is 46.6 Å². The van der Waals surface area contributed by atoms with Gasteiger partial charge in [0.25, 0.3) is 0 Å². The fraction of sp³-hybridized carbons (Fsp3) is 1.00. The maximum atomic E-state index is 6.23. The first-order chi connectivity index (χ1) is 9.06. The lowest BCUT2D eigenvalue weighted by Gasteiger charge is -2.50. The SMILES string of the molecule is CCOC1(CC(C)N)CCCC[Si]1(OCC)OCC. The molecule has 4 nitrogen and oxygen atoms in total. The highest BCUT2D eigenvalue weighted by molar-refractivity contribution is 6.70. The summed E-state index contributed by atoms with van der Waals surface area (Å²) in [4.78, 5) is 0. The lowest BCUT2D eigenvalue weighted by molar-refractivity contribution is -0.0481. The van der Waals surface area contributed by atoms with Crippen LogP contribution in [0, 0.1) is 0 Å². The van der Waals surface area contributed by atoms with Crippen LogP contribution in [-0.4, -0.2) is 39.6 Å². The van der Waals surface area contributed by atoms with E-state index in [0.717, 1.165) is 18.9 Å². The summed E-state index contributed by atoms with van der Waals surface area (Å²) in [6, 6.07) is 1.14. The molecule has 0 aliphatic carbocycles. The zero-order valence-electron chi connectivity index (χ0n) is 13.0. The van der Waals surface area contributed by atoms with Gasteiger partial charge in [0.2, 0.25) is 0 Å². The molecule has 2 unspecified atom stereocenters. The van der Waals surface area contributed by atoms with Gasteiger partial charge in [-0.1, -0.05) is 12.8 Å². The van der Waals surface area contributed by atoms with E-state index >= 15 is 0 Å². The molecule has 2 N–H and O–H groups in total. The Bertz CT molecular complexity index is 248. The third-order valence-electron chi connectivity index (χ3n) is 3.86. The summed E-state index contributed by atoms with van der Waals surface area (Å²) in [7, 11) is -2.35. The predicted octanol–water partition coefficient (Wildman–Crippen LogP) is 2.74. The van der Waals surface area contributed by atoms with Crippen molar-refractivity contribution in [1.29, 1.82) is 0 Å². The highest BCUT2D eigenvalue weighted by Crippen LogP contribution is 2.43. The highest BCUT2D eigenvalue weighted by atomic mass is 28.4. The second kappa shape index (κ2) is 7.74. The van der Waals surface area contributed by atoms with Crippen LogP contribution >= 0.6 is 0 Å². The Labute approximate surface area is 119 Å². The van der Waals surface area contributed by atoms with E-state index in [0.29, 0.717) is 19.8 Å². The molecule has 0 radical (unpaired) electrons. The van der Waals surface area contributed by atoms with Gasteiger partial charge in [-0.3, -0.25) is 0 Å². The van der Waals surface area contributed by atoms with Crippen LogP contribution in [0.2, 0.25) is 6.04 Å². The number of hydrogen-bond donors (Lipinski definition) is 1. The van der Waals surface area contributed by atoms with E-state index in [4.69, 9.17) is 19.3 Å². The number of rotatable bonds is 8. The van der Waals surface area contributed by atoms with Gasteiger partial charge in [0.15, 0.2) is 0 Å². The predicted molar refractivity (Wildman–Crippen MR) is 80.3 cm³/mol. The largest absolute Gasteiger partial charge is 0.393 e. The fourth-order valence-corrected chi connectivity index (χ4v) is 7.95. The molecular formula is C14H31NO3Si. The third kappa shape index (κ3) is 3.79. The van der Waals surface area contributed by atoms with Crippen molar-refractivity contribution in [3.63, 3.8) is 0 Å². The molecule has 1 heterocycles. The minimum Gasteiger partial charge on any atom is -0.393 e. The molecule has 0 saturated carbocycles. The molecule has 5 heteroatoms. The van der Waals surface area contributed by atoms with Crippen molar-refractivity contribution >= 4 is 8.56 Å². The van der Waals surface area contributed by atoms with Gasteiger partial charge in [-0.2, -0.15) is 0 Å². The lowest BCUT2D eigenvalue weighted by atomic mass is 10.0. The van der Waals surface area contributed by atoms with Crippen LogP contribution in [0.1, 0.15) is 53.4 Å². The highest BCUT2D eigenvalue weighted by Gasteiger charge is 2.60. The van der Waals surface area contributed by atoms with Crippen molar-refractivity contribution in [2.75, 3.05) is 19.8 Å². The molecule has 2 atom stereocenters. The molecule has 1 saturated heterocycles. The quantitative estimate of drug-likeness (QED) is 0.698. The first-order valence-corrected chi connectivity index (χ1v) is 9.75. The Balaban J connectivity index is 3.08. The Hall–Kier alpha value is 0.0569. The first-order valence-electron chi connectivity index (χ1n) is 7.73. The number of ether oxygens (including phenoxy) is 1. The minimum absolute atomic E-state index is 0.109. The van der Waals surface area contributed by atoms with E-state index in [2.05, 4.69) is 6.92 Å². The zero-order chi connectivity index (χ0) is 14.4. The molecule has 0 aromatic carbocycles. The maximum absolute atomic E-state index is 6.23. The average molecular weight is 289 g/mol. The average Bonchev–Trinajstić information content (AvgIpc) is 2.33. The Morgan fingerprint density at radius 2 is 1.74 bits per heavy atom. The van der Waals surface area contributed by atoms with Crippen LogP contribution in [0.15, 0.2) is 0 Å². The lowest BCUT2D eigenvalue weighted by Crippen LogP contribution is -2.67. The van der Waals surface area contributed by atoms with Gasteiger partial charge < -0.3 is 19.3 Å². The topological polar surface area (TPSA) is 53.7 Å². The molecular weight excluding hydrogens is 258 g/mol. The Kier molecular flexibility index (Phi) is 6.97. The van der Waals surface area contributed by atoms with E-state index in [1.165, 1.54) is 12.8 Å². The van der Waals surface area contributed by atoms with Crippen LogP contribution in [0.5, 0.6) is 0 Å². The maximum Gasteiger partial charge on any atom is 0.371 e. The van der Waals surface area contributed by atoms with E-state index < -0.39 is 8.56 Å². The van der Waals surface area contributed by atoms with Gasteiger partial charge in [0.05, 0.1) is 0 Å². The first kappa shape index (κ1) is 17.1. The summed E-state index contributed by atoms with van der Waals surface area (Å²) in [6.07, 6.45) is 4.23. The van der Waals surface area contributed by atoms with Crippen molar-refractivity contribution < 1.29 is 13.6 Å². The van der Waals surface area contributed by atoms with Gasteiger partial charge in [-0.25, -0.2) is 0 Å². The summed E-state index contributed by atoms with van der Waals surface area (Å²) < 4.78 is 18.7. The summed E-state index contributed by atoms with van der Waals surface area (Å²) in [6.45, 7) is 10.3. The second-order valence-electron chi connectivity index (χ2n) is 5.43. The minimum atomic E-state index is -2.35. The van der Waals surface area contributed by atoms with Crippen molar-refractivity contribution in [2.24, 2.45) is 5.73 Å². The molecule has 0 spiro atoms. The third-order valence-corrected chi connectivity index (χ3v) is 8.37. The fourth-order valence-electron chi connectivity index (χ4n) is 3.40. The van der Waals surface area contributed by atoms with Crippen LogP contribution in [-0.2, 0) is 13.6 Å². The number of hydrogen-bond acceptors (Lipinski definition) is 4. The number of nitrogens with two attached hydrogens (primary N) is 1. The van der Waals surface area contributed by atoms with Crippen LogP contribution in [0.25, 0.3) is 0 Å². The van der Waals surface area contributed by atoms with Crippen LogP contribution < -0.4 is 5.73 Å². The molecule has 19 heavy (non-hydrogen) atoms. The molecule has 0 bridgehead atoms. The van der Waals surface area contributed by atoms with Crippen molar-refractivity contribution in [3.05, 3.63) is 0 Å². The van der Waals surface area contributed by atoms with E-state index in [1.807, 2.05) is 20.8 Å². The molecule has 0 aromatic rings. The van der Waals surface area contributed by atoms with Crippen molar-refractivity contribution in [2.45, 2.75) is 70.7 Å². The second-order valence-corrected chi connectivity index (χ2v) is 8.93. The monoisotopic (exact) mass is 289 g/mol. The summed E-state index contributed by atoms with van der Waals surface area (Å²) in [5.41, 5.74) is 6.08. The summed E-state index contributed by atoms with van der Waals surface area (Å²) in [5.74, 6) is 0. The smallest absolute Gasteiger partial charge is 0.371 e. The van der Waals surface area contributed by atoms with Gasteiger partial charge in [-0.15, -0.1) is 0 Å². The Morgan fingerprint density at radius 1 is 1.11 bits per heavy atom. The molecule has 0 aromatic heterocycles. The van der Waals surface area contributed by atoms with Gasteiger partial charge in [0, 0.05) is 25.9 Å². The molecule has 1 fully saturated rings. The van der Waals surface area contributed by atoms with E-state index in [1.54, 1.807) is 0 Å². The zero-order valence-corrected chi connectivity index (χ0v) is 14.0. The summed E-state index contributed by atoms with van der Waals surface area (Å²) >= 11 is 0. The van der Waals surface area contributed by atoms with E-state index in [-0.39, 0.29) is 11.3 Å². The summed E-state index contributed by atoms with van der Waals surface area (Å²) in [5, 5.41) is -0.264. The molecule has 1 rings (SSSR count). The standard InChI is InChI=1S/C14H31NO3Si/c1-5-16-14(12-13(4)15)10-8-9-11-19(14,17-6-2)18-7-3/h13H,5-12,15H2,1-4H3.